The van der Waals surface area contributed by atoms with Crippen molar-refractivity contribution < 1.29 is 4.79 Å². The van der Waals surface area contributed by atoms with E-state index in [1.165, 1.54) is 34.5 Å². The van der Waals surface area contributed by atoms with Crippen molar-refractivity contribution in [3.63, 3.8) is 0 Å². The van der Waals surface area contributed by atoms with Gasteiger partial charge in [-0.05, 0) is 42.9 Å². The first-order chi connectivity index (χ1) is 11.2. The maximum absolute atomic E-state index is 13.1. The Labute approximate surface area is 141 Å². The zero-order valence-electron chi connectivity index (χ0n) is 13.5. The number of carbonyl (C=O) groups excluding carboxylic acids is 1. The minimum atomic E-state index is 0.217. The molecule has 1 aromatic heterocycles. The normalized spacial score (nSPS) is 17.4. The number of hydrogen-bond acceptors (Lipinski definition) is 3. The molecule has 1 aliphatic carbocycles. The number of para-hydroxylation sites is 1. The van der Waals surface area contributed by atoms with E-state index in [0.717, 1.165) is 31.5 Å². The monoisotopic (exact) mass is 326 g/mol. The topological polar surface area (TPSA) is 23.6 Å². The van der Waals surface area contributed by atoms with Crippen LogP contribution in [0.2, 0.25) is 0 Å². The van der Waals surface area contributed by atoms with Gasteiger partial charge in [-0.25, -0.2) is 0 Å². The van der Waals surface area contributed by atoms with Crippen molar-refractivity contribution >= 4 is 22.9 Å². The highest BCUT2D eigenvalue weighted by atomic mass is 32.1. The van der Waals surface area contributed by atoms with Crippen LogP contribution in [0.4, 0.5) is 5.69 Å². The Balaban J connectivity index is 1.63. The second-order valence-electron chi connectivity index (χ2n) is 6.54. The number of hydrogen-bond donors (Lipinski definition) is 0. The molecular formula is C19H22N2OS. The van der Waals surface area contributed by atoms with Gasteiger partial charge in [0, 0.05) is 42.6 Å². The molecule has 4 rings (SSSR count). The summed E-state index contributed by atoms with van der Waals surface area (Å²) in [5.41, 5.74) is 4.78. The standard InChI is InChI=1S/C19H22N2OS/c1-20-10-11-21(12-14-6-2-4-8-17(14)20)19(22)16-13-23-18-9-5-3-7-15(16)18/h2,4,6,8,13H,3,5,7,9-12H2,1H3. The minimum absolute atomic E-state index is 0.217. The molecule has 0 unspecified atom stereocenters. The van der Waals surface area contributed by atoms with Crippen molar-refractivity contribution in [1.29, 1.82) is 0 Å². The molecule has 2 heterocycles. The number of nitrogens with zero attached hydrogens (tertiary/aromatic N) is 2. The van der Waals surface area contributed by atoms with E-state index in [2.05, 4.69) is 41.6 Å². The molecule has 120 valence electrons. The number of likely N-dealkylation sites (N-methyl/N-ethyl adjacent to an activating group) is 1. The van der Waals surface area contributed by atoms with E-state index in [9.17, 15) is 4.79 Å². The zero-order chi connectivity index (χ0) is 15.8. The fourth-order valence-electron chi connectivity index (χ4n) is 3.71. The first-order valence-electron chi connectivity index (χ1n) is 8.41. The molecule has 0 atom stereocenters. The van der Waals surface area contributed by atoms with Gasteiger partial charge in [-0.15, -0.1) is 11.3 Å². The van der Waals surface area contributed by atoms with Gasteiger partial charge in [-0.3, -0.25) is 4.79 Å². The molecule has 2 aliphatic rings. The van der Waals surface area contributed by atoms with Gasteiger partial charge in [0.1, 0.15) is 0 Å². The van der Waals surface area contributed by atoms with Gasteiger partial charge in [0.05, 0.1) is 5.56 Å². The Morgan fingerprint density at radius 3 is 2.87 bits per heavy atom. The van der Waals surface area contributed by atoms with Crippen molar-refractivity contribution in [2.45, 2.75) is 32.2 Å². The molecule has 1 amide bonds. The van der Waals surface area contributed by atoms with Crippen molar-refractivity contribution in [3.8, 4) is 0 Å². The smallest absolute Gasteiger partial charge is 0.255 e. The van der Waals surface area contributed by atoms with Gasteiger partial charge in [0.15, 0.2) is 0 Å². The molecule has 0 saturated carbocycles. The summed E-state index contributed by atoms with van der Waals surface area (Å²) in [7, 11) is 2.11. The van der Waals surface area contributed by atoms with E-state index in [1.807, 2.05) is 4.90 Å². The number of benzene rings is 1. The van der Waals surface area contributed by atoms with Crippen LogP contribution in [0.15, 0.2) is 29.6 Å². The number of rotatable bonds is 1. The lowest BCUT2D eigenvalue weighted by atomic mass is 9.95. The van der Waals surface area contributed by atoms with Crippen LogP contribution < -0.4 is 4.90 Å². The maximum atomic E-state index is 13.1. The predicted molar refractivity (Wildman–Crippen MR) is 95.4 cm³/mol. The minimum Gasteiger partial charge on any atom is -0.373 e. The summed E-state index contributed by atoms with van der Waals surface area (Å²) < 4.78 is 0. The van der Waals surface area contributed by atoms with E-state index >= 15 is 0 Å². The Morgan fingerprint density at radius 2 is 1.96 bits per heavy atom. The highest BCUT2D eigenvalue weighted by Crippen LogP contribution is 2.32. The third-order valence-corrected chi connectivity index (χ3v) is 6.14. The van der Waals surface area contributed by atoms with Gasteiger partial charge in [-0.1, -0.05) is 18.2 Å². The molecule has 1 aliphatic heterocycles. The van der Waals surface area contributed by atoms with E-state index in [0.29, 0.717) is 6.54 Å². The summed E-state index contributed by atoms with van der Waals surface area (Å²) in [5.74, 6) is 0.217. The molecule has 4 heteroatoms. The largest absolute Gasteiger partial charge is 0.373 e. The predicted octanol–water partition coefficient (Wildman–Crippen LogP) is 3.72. The van der Waals surface area contributed by atoms with Gasteiger partial charge in [-0.2, -0.15) is 0 Å². The highest BCUT2D eigenvalue weighted by molar-refractivity contribution is 7.10. The third kappa shape index (κ3) is 2.65. The van der Waals surface area contributed by atoms with Crippen LogP contribution in [0.3, 0.4) is 0 Å². The maximum Gasteiger partial charge on any atom is 0.255 e. The average molecular weight is 326 g/mol. The molecule has 0 N–H and O–H groups in total. The SMILES string of the molecule is CN1CCN(C(=O)c2csc3c2CCCC3)Cc2ccccc21. The Hall–Kier alpha value is -1.81. The molecule has 0 fully saturated rings. The van der Waals surface area contributed by atoms with E-state index in [-0.39, 0.29) is 5.91 Å². The zero-order valence-corrected chi connectivity index (χ0v) is 14.4. The van der Waals surface area contributed by atoms with Crippen LogP contribution in [-0.4, -0.2) is 30.9 Å². The Morgan fingerprint density at radius 1 is 1.13 bits per heavy atom. The molecule has 23 heavy (non-hydrogen) atoms. The summed E-state index contributed by atoms with van der Waals surface area (Å²) >= 11 is 1.78. The summed E-state index contributed by atoms with van der Waals surface area (Å²) in [6, 6.07) is 8.42. The molecule has 3 nitrogen and oxygen atoms in total. The van der Waals surface area contributed by atoms with Crippen molar-refractivity contribution in [2.24, 2.45) is 0 Å². The van der Waals surface area contributed by atoms with Crippen LogP contribution in [-0.2, 0) is 19.4 Å². The Bertz CT molecular complexity index is 737. The average Bonchev–Trinajstić information content (AvgIpc) is 2.94. The number of thiophene rings is 1. The van der Waals surface area contributed by atoms with Crippen molar-refractivity contribution in [3.05, 3.63) is 51.2 Å². The van der Waals surface area contributed by atoms with Crippen LogP contribution in [0.1, 0.15) is 39.2 Å². The molecule has 1 aromatic carbocycles. The lowest BCUT2D eigenvalue weighted by molar-refractivity contribution is 0.0751. The second-order valence-corrected chi connectivity index (χ2v) is 7.50. The first kappa shape index (κ1) is 14.8. The molecular weight excluding hydrogens is 304 g/mol. The van der Waals surface area contributed by atoms with Gasteiger partial charge in [0.25, 0.3) is 5.91 Å². The first-order valence-corrected chi connectivity index (χ1v) is 9.29. The number of fused-ring (bicyclic) bond motifs is 2. The molecule has 0 saturated heterocycles. The lowest BCUT2D eigenvalue weighted by Crippen LogP contribution is -2.34. The van der Waals surface area contributed by atoms with Crippen LogP contribution in [0.5, 0.6) is 0 Å². The van der Waals surface area contributed by atoms with Gasteiger partial charge in [0.2, 0.25) is 0 Å². The quantitative estimate of drug-likeness (QED) is 0.797. The Kier molecular flexibility index (Phi) is 3.85. The third-order valence-electron chi connectivity index (χ3n) is 5.05. The number of amides is 1. The lowest BCUT2D eigenvalue weighted by Gasteiger charge is -2.22. The van der Waals surface area contributed by atoms with Crippen LogP contribution >= 0.6 is 11.3 Å². The molecule has 2 aromatic rings. The summed E-state index contributed by atoms with van der Waals surface area (Å²) in [4.78, 5) is 18.8. The molecule has 0 spiro atoms. The number of carbonyl (C=O) groups is 1. The highest BCUT2D eigenvalue weighted by Gasteiger charge is 2.26. The summed E-state index contributed by atoms with van der Waals surface area (Å²) in [5, 5.41) is 2.10. The van der Waals surface area contributed by atoms with Crippen LogP contribution in [0.25, 0.3) is 0 Å². The summed E-state index contributed by atoms with van der Waals surface area (Å²) in [6.07, 6.45) is 4.71. The van der Waals surface area contributed by atoms with E-state index in [4.69, 9.17) is 0 Å². The molecule has 0 radical (unpaired) electrons. The van der Waals surface area contributed by atoms with E-state index < -0.39 is 0 Å². The van der Waals surface area contributed by atoms with Gasteiger partial charge < -0.3 is 9.80 Å². The van der Waals surface area contributed by atoms with Gasteiger partial charge >= 0.3 is 0 Å². The van der Waals surface area contributed by atoms with Crippen molar-refractivity contribution in [1.82, 2.24) is 4.90 Å². The van der Waals surface area contributed by atoms with E-state index in [1.54, 1.807) is 11.3 Å². The second kappa shape index (κ2) is 6.00. The number of aryl methyl sites for hydroxylation is 1. The molecule has 0 bridgehead atoms. The summed E-state index contributed by atoms with van der Waals surface area (Å²) in [6.45, 7) is 2.38. The number of anilines is 1. The van der Waals surface area contributed by atoms with Crippen molar-refractivity contribution in [2.75, 3.05) is 25.0 Å². The fraction of sp³-hybridized carbons (Fsp3) is 0.421. The fourth-order valence-corrected chi connectivity index (χ4v) is 4.83. The van der Waals surface area contributed by atoms with Crippen LogP contribution in [0, 0.1) is 0 Å².